The summed E-state index contributed by atoms with van der Waals surface area (Å²) in [6.45, 7) is -0.240. The summed E-state index contributed by atoms with van der Waals surface area (Å²) in [7, 11) is -3.14. The first-order valence-corrected chi connectivity index (χ1v) is 12.2. The fourth-order valence-electron chi connectivity index (χ4n) is 3.76. The molecule has 0 spiro atoms. The van der Waals surface area contributed by atoms with Crippen molar-refractivity contribution in [2.24, 2.45) is 0 Å². The number of anilines is 1. The van der Waals surface area contributed by atoms with Gasteiger partial charge in [0.25, 0.3) is 5.91 Å². The number of nitrogens with zero attached hydrogens (tertiary/aromatic N) is 1. The summed E-state index contributed by atoms with van der Waals surface area (Å²) in [4.78, 5) is 14.6. The van der Waals surface area contributed by atoms with E-state index in [4.69, 9.17) is 16.3 Å². The van der Waals surface area contributed by atoms with Gasteiger partial charge in [0.05, 0.1) is 22.6 Å². The Kier molecular flexibility index (Phi) is 6.30. The van der Waals surface area contributed by atoms with Crippen molar-refractivity contribution in [1.82, 2.24) is 0 Å². The number of ether oxygens (including phenoxy) is 1. The molecule has 1 aliphatic rings. The van der Waals surface area contributed by atoms with Gasteiger partial charge in [0.2, 0.25) is 0 Å². The molecule has 1 heterocycles. The maximum Gasteiger partial charge on any atom is 0.265 e. The second-order valence-electron chi connectivity index (χ2n) is 7.46. The van der Waals surface area contributed by atoms with E-state index in [2.05, 4.69) is 0 Å². The predicted octanol–water partition coefficient (Wildman–Crippen LogP) is 4.61. The van der Waals surface area contributed by atoms with Crippen molar-refractivity contribution in [3.05, 3.63) is 83.9 Å². The van der Waals surface area contributed by atoms with Crippen LogP contribution in [0.3, 0.4) is 0 Å². The second kappa shape index (κ2) is 9.12. The molecule has 0 aliphatic carbocycles. The Balaban J connectivity index is 1.50. The average Bonchev–Trinajstić information content (AvgIpc) is 3.13. The zero-order valence-electron chi connectivity index (χ0n) is 16.8. The highest BCUT2D eigenvalue weighted by atomic mass is 35.5. The molecule has 1 aliphatic heterocycles. The average molecular weight is 456 g/mol. The highest BCUT2D eigenvalue weighted by Gasteiger charge is 2.35. The summed E-state index contributed by atoms with van der Waals surface area (Å²) in [6.07, 6.45) is 0.412. The monoisotopic (exact) mass is 455 g/mol. The van der Waals surface area contributed by atoms with E-state index >= 15 is 0 Å². The van der Waals surface area contributed by atoms with Crippen molar-refractivity contribution >= 4 is 33.0 Å². The third-order valence-corrected chi connectivity index (χ3v) is 7.31. The van der Waals surface area contributed by atoms with Gasteiger partial charge in [-0.2, -0.15) is 0 Å². The smallest absolute Gasteiger partial charge is 0.265 e. The van der Waals surface area contributed by atoms with E-state index < -0.39 is 15.9 Å². The Morgan fingerprint density at radius 3 is 2.26 bits per heavy atom. The highest BCUT2D eigenvalue weighted by molar-refractivity contribution is 7.91. The van der Waals surface area contributed by atoms with Gasteiger partial charge in [-0.3, -0.25) is 4.79 Å². The van der Waals surface area contributed by atoms with Crippen LogP contribution in [0.25, 0.3) is 11.1 Å². The summed E-state index contributed by atoms with van der Waals surface area (Å²) >= 11 is 6.39. The van der Waals surface area contributed by atoms with E-state index in [9.17, 15) is 13.2 Å². The van der Waals surface area contributed by atoms with Gasteiger partial charge in [-0.25, -0.2) is 8.42 Å². The van der Waals surface area contributed by atoms with Crippen molar-refractivity contribution in [2.75, 3.05) is 23.0 Å². The fraction of sp³-hybridized carbons (Fsp3) is 0.208. The summed E-state index contributed by atoms with van der Waals surface area (Å²) in [5.74, 6) is 0.139. The summed E-state index contributed by atoms with van der Waals surface area (Å²) in [6, 6.07) is 23.9. The van der Waals surface area contributed by atoms with Crippen LogP contribution in [0.1, 0.15) is 6.42 Å². The molecule has 0 unspecified atom stereocenters. The minimum atomic E-state index is -3.14. The van der Waals surface area contributed by atoms with Crippen LogP contribution < -0.4 is 9.64 Å². The first-order valence-electron chi connectivity index (χ1n) is 9.98. The van der Waals surface area contributed by atoms with Crippen LogP contribution in [-0.2, 0) is 14.6 Å². The fourth-order valence-corrected chi connectivity index (χ4v) is 5.70. The Labute approximate surface area is 187 Å². The largest absolute Gasteiger partial charge is 0.482 e. The van der Waals surface area contributed by atoms with Gasteiger partial charge in [-0.15, -0.1) is 0 Å². The molecule has 0 aromatic heterocycles. The van der Waals surface area contributed by atoms with Gasteiger partial charge in [-0.05, 0) is 41.8 Å². The molecule has 1 amide bonds. The lowest BCUT2D eigenvalue weighted by Crippen LogP contribution is -2.43. The van der Waals surface area contributed by atoms with E-state index in [1.807, 2.05) is 54.6 Å². The lowest BCUT2D eigenvalue weighted by Gasteiger charge is -2.28. The molecule has 1 atom stereocenters. The molecule has 1 saturated heterocycles. The third-order valence-electron chi connectivity index (χ3n) is 5.27. The Morgan fingerprint density at radius 1 is 0.968 bits per heavy atom. The molecule has 0 radical (unpaired) electrons. The third kappa shape index (κ3) is 5.09. The lowest BCUT2D eigenvalue weighted by atomic mass is 10.1. The molecule has 0 bridgehead atoms. The molecule has 0 saturated carbocycles. The topological polar surface area (TPSA) is 63.7 Å². The molecule has 3 aromatic rings. The summed E-state index contributed by atoms with van der Waals surface area (Å²) in [5, 5.41) is 0.406. The normalized spacial score (nSPS) is 17.3. The number of rotatable bonds is 6. The van der Waals surface area contributed by atoms with E-state index in [1.54, 1.807) is 24.3 Å². The maximum atomic E-state index is 13.1. The van der Waals surface area contributed by atoms with Gasteiger partial charge in [0.1, 0.15) is 5.75 Å². The molecule has 3 aromatic carbocycles. The van der Waals surface area contributed by atoms with Crippen LogP contribution in [0.5, 0.6) is 5.75 Å². The molecule has 31 heavy (non-hydrogen) atoms. The molecule has 160 valence electrons. The second-order valence-corrected chi connectivity index (χ2v) is 10.1. The van der Waals surface area contributed by atoms with E-state index in [-0.39, 0.29) is 24.0 Å². The van der Waals surface area contributed by atoms with Crippen LogP contribution in [0.4, 0.5) is 5.69 Å². The highest BCUT2D eigenvalue weighted by Crippen LogP contribution is 2.31. The number of amides is 1. The van der Waals surface area contributed by atoms with E-state index in [1.165, 1.54) is 4.90 Å². The molecular formula is C24H22ClNO4S. The molecule has 5 nitrogen and oxygen atoms in total. The zero-order chi connectivity index (χ0) is 21.8. The number of halogens is 1. The SMILES string of the molecule is O=C(COc1ccc(-c2ccccc2)cc1Cl)N(c1ccccc1)[C@@H]1CCS(=O)(=O)C1. The number of carbonyl (C=O) groups excluding carboxylic acids is 1. The molecule has 7 heteroatoms. The van der Waals surface area contributed by atoms with Gasteiger partial charge in [0.15, 0.2) is 16.4 Å². The van der Waals surface area contributed by atoms with Crippen LogP contribution in [0.2, 0.25) is 5.02 Å². The van der Waals surface area contributed by atoms with E-state index in [0.717, 1.165) is 11.1 Å². The molecule has 1 fully saturated rings. The van der Waals surface area contributed by atoms with Crippen LogP contribution >= 0.6 is 11.6 Å². The predicted molar refractivity (Wildman–Crippen MR) is 123 cm³/mol. The first-order chi connectivity index (χ1) is 14.9. The zero-order valence-corrected chi connectivity index (χ0v) is 18.4. The molecular weight excluding hydrogens is 434 g/mol. The Bertz CT molecular complexity index is 1170. The van der Waals surface area contributed by atoms with Gasteiger partial charge >= 0.3 is 0 Å². The number of para-hydroxylation sites is 1. The van der Waals surface area contributed by atoms with Crippen molar-refractivity contribution in [1.29, 1.82) is 0 Å². The van der Waals surface area contributed by atoms with Crippen molar-refractivity contribution in [3.63, 3.8) is 0 Å². The Hall–Kier alpha value is -2.83. The summed E-state index contributed by atoms with van der Waals surface area (Å²) < 4.78 is 29.7. The first kappa shape index (κ1) is 21.4. The summed E-state index contributed by atoms with van der Waals surface area (Å²) in [5.41, 5.74) is 2.64. The minimum absolute atomic E-state index is 0.0415. The molecule has 4 rings (SSSR count). The van der Waals surface area contributed by atoms with Crippen molar-refractivity contribution < 1.29 is 17.9 Å². The van der Waals surface area contributed by atoms with Crippen LogP contribution in [0.15, 0.2) is 78.9 Å². The maximum absolute atomic E-state index is 13.1. The quantitative estimate of drug-likeness (QED) is 0.544. The van der Waals surface area contributed by atoms with Crippen LogP contribution in [0, 0.1) is 0 Å². The van der Waals surface area contributed by atoms with Gasteiger partial charge in [0, 0.05) is 5.69 Å². The minimum Gasteiger partial charge on any atom is -0.482 e. The van der Waals surface area contributed by atoms with E-state index in [0.29, 0.717) is 22.9 Å². The van der Waals surface area contributed by atoms with Gasteiger partial charge < -0.3 is 9.64 Å². The van der Waals surface area contributed by atoms with Crippen LogP contribution in [-0.4, -0.2) is 38.5 Å². The lowest BCUT2D eigenvalue weighted by molar-refractivity contribution is -0.121. The number of sulfone groups is 1. The number of hydrogen-bond donors (Lipinski definition) is 0. The van der Waals surface area contributed by atoms with Gasteiger partial charge in [-0.1, -0.05) is 66.2 Å². The van der Waals surface area contributed by atoms with Crippen molar-refractivity contribution in [2.45, 2.75) is 12.5 Å². The number of benzene rings is 3. The van der Waals surface area contributed by atoms with Crippen molar-refractivity contribution in [3.8, 4) is 16.9 Å². The number of carbonyl (C=O) groups is 1. The number of hydrogen-bond acceptors (Lipinski definition) is 4. The molecule has 0 N–H and O–H groups in total. The standard InChI is InChI=1S/C24H22ClNO4S/c25-22-15-19(18-7-3-1-4-8-18)11-12-23(22)30-16-24(27)26(20-9-5-2-6-10-20)21-13-14-31(28,29)17-21/h1-12,15,21H,13-14,16-17H2/t21-/m1/s1. The Morgan fingerprint density at radius 2 is 1.65 bits per heavy atom.